The van der Waals surface area contributed by atoms with Gasteiger partial charge in [0.2, 0.25) is 0 Å². The van der Waals surface area contributed by atoms with Crippen LogP contribution in [-0.4, -0.2) is 36.0 Å². The third-order valence-corrected chi connectivity index (χ3v) is 4.59. The van der Waals surface area contributed by atoms with Crippen LogP contribution in [0.4, 0.5) is 0 Å². The van der Waals surface area contributed by atoms with E-state index in [-0.39, 0.29) is 5.91 Å². The molecule has 18 heavy (non-hydrogen) atoms. The van der Waals surface area contributed by atoms with Gasteiger partial charge < -0.3 is 4.90 Å². The summed E-state index contributed by atoms with van der Waals surface area (Å²) in [4.78, 5) is 15.5. The van der Waals surface area contributed by atoms with Crippen LogP contribution in [0.5, 0.6) is 0 Å². The fraction of sp³-hybridized carbons (Fsp3) is 0.500. The molecule has 0 spiro atoms. The van der Waals surface area contributed by atoms with Crippen LogP contribution in [0.25, 0.3) is 0 Å². The van der Waals surface area contributed by atoms with Crippen molar-refractivity contribution in [3.63, 3.8) is 0 Å². The molecule has 4 heteroatoms. The molecule has 0 aliphatic carbocycles. The Morgan fingerprint density at radius 1 is 1.50 bits per heavy atom. The molecular weight excluding hydrogens is 266 g/mol. The van der Waals surface area contributed by atoms with Gasteiger partial charge in [0.25, 0.3) is 5.91 Å². The van der Waals surface area contributed by atoms with Crippen molar-refractivity contribution in [1.82, 2.24) is 4.90 Å². The average molecular weight is 284 g/mol. The monoisotopic (exact) mass is 283 g/mol. The summed E-state index contributed by atoms with van der Waals surface area (Å²) in [5, 5.41) is 0. The topological polar surface area (TPSA) is 20.3 Å². The van der Waals surface area contributed by atoms with E-state index in [1.807, 2.05) is 35.4 Å². The van der Waals surface area contributed by atoms with Crippen LogP contribution in [0.2, 0.25) is 0 Å². The Morgan fingerprint density at radius 2 is 2.28 bits per heavy atom. The highest BCUT2D eigenvalue weighted by molar-refractivity contribution is 7.98. The first-order valence-electron chi connectivity index (χ1n) is 6.24. The van der Waals surface area contributed by atoms with Gasteiger partial charge in [-0.15, -0.1) is 23.4 Å². The minimum Gasteiger partial charge on any atom is -0.338 e. The number of halogens is 1. The summed E-state index contributed by atoms with van der Waals surface area (Å²) in [5.41, 5.74) is 0.820. The number of rotatable bonds is 3. The fourth-order valence-corrected chi connectivity index (χ4v) is 3.21. The lowest BCUT2D eigenvalue weighted by molar-refractivity contribution is 0.0681. The molecule has 1 fully saturated rings. The molecular formula is C14H18ClNOS. The van der Waals surface area contributed by atoms with Gasteiger partial charge in [-0.05, 0) is 37.1 Å². The molecule has 2 rings (SSSR count). The number of likely N-dealkylation sites (tertiary alicyclic amines) is 1. The molecule has 1 aliphatic rings. The van der Waals surface area contributed by atoms with Crippen molar-refractivity contribution in [3.8, 4) is 0 Å². The summed E-state index contributed by atoms with van der Waals surface area (Å²) >= 11 is 7.53. The van der Waals surface area contributed by atoms with Crippen LogP contribution in [-0.2, 0) is 0 Å². The number of thioether (sulfide) groups is 1. The van der Waals surface area contributed by atoms with Crippen LogP contribution in [0.15, 0.2) is 29.2 Å². The third-order valence-electron chi connectivity index (χ3n) is 3.36. The van der Waals surface area contributed by atoms with Gasteiger partial charge in [-0.2, -0.15) is 0 Å². The molecule has 1 heterocycles. The van der Waals surface area contributed by atoms with E-state index in [1.165, 1.54) is 0 Å². The molecule has 0 N–H and O–H groups in total. The van der Waals surface area contributed by atoms with Crippen molar-refractivity contribution >= 4 is 29.3 Å². The van der Waals surface area contributed by atoms with Crippen LogP contribution >= 0.6 is 23.4 Å². The van der Waals surface area contributed by atoms with Crippen molar-refractivity contribution in [3.05, 3.63) is 29.8 Å². The quantitative estimate of drug-likeness (QED) is 0.625. The maximum atomic E-state index is 12.5. The predicted molar refractivity (Wildman–Crippen MR) is 77.6 cm³/mol. The molecule has 1 saturated heterocycles. The SMILES string of the molecule is CSc1ccccc1C(=O)N1CCCC(CCl)C1. The third kappa shape index (κ3) is 3.01. The zero-order valence-electron chi connectivity index (χ0n) is 10.6. The van der Waals surface area contributed by atoms with Crippen LogP contribution in [0.3, 0.4) is 0 Å². The lowest BCUT2D eigenvalue weighted by atomic mass is 9.99. The van der Waals surface area contributed by atoms with Gasteiger partial charge in [-0.25, -0.2) is 0 Å². The minimum atomic E-state index is 0.148. The summed E-state index contributed by atoms with van der Waals surface area (Å²) in [7, 11) is 0. The summed E-state index contributed by atoms with van der Waals surface area (Å²) in [6.07, 6.45) is 4.20. The first-order valence-corrected chi connectivity index (χ1v) is 8.00. The molecule has 1 aromatic carbocycles. The predicted octanol–water partition coefficient (Wildman–Crippen LogP) is 3.50. The summed E-state index contributed by atoms with van der Waals surface area (Å²) in [6.45, 7) is 1.65. The molecule has 0 saturated carbocycles. The highest BCUT2D eigenvalue weighted by Gasteiger charge is 2.24. The maximum Gasteiger partial charge on any atom is 0.254 e. The molecule has 98 valence electrons. The molecule has 0 aromatic heterocycles. The van der Waals surface area contributed by atoms with Gasteiger partial charge in [-0.3, -0.25) is 4.79 Å². The Labute approximate surface area is 118 Å². The molecule has 1 aromatic rings. The number of nitrogens with zero attached hydrogens (tertiary/aromatic N) is 1. The lowest BCUT2D eigenvalue weighted by Crippen LogP contribution is -2.40. The molecule has 1 amide bonds. The van der Waals surface area contributed by atoms with Crippen LogP contribution in [0.1, 0.15) is 23.2 Å². The number of alkyl halides is 1. The molecule has 2 nitrogen and oxygen atoms in total. The van der Waals surface area contributed by atoms with Gasteiger partial charge in [0.05, 0.1) is 5.56 Å². The zero-order valence-corrected chi connectivity index (χ0v) is 12.1. The van der Waals surface area contributed by atoms with E-state index in [0.29, 0.717) is 11.8 Å². The highest BCUT2D eigenvalue weighted by atomic mass is 35.5. The maximum absolute atomic E-state index is 12.5. The number of amides is 1. The highest BCUT2D eigenvalue weighted by Crippen LogP contribution is 2.24. The first kappa shape index (κ1) is 13.8. The number of carbonyl (C=O) groups excluding carboxylic acids is 1. The van der Waals surface area contributed by atoms with E-state index < -0.39 is 0 Å². The molecule has 1 atom stereocenters. The largest absolute Gasteiger partial charge is 0.338 e. The van der Waals surface area contributed by atoms with E-state index in [2.05, 4.69) is 0 Å². The normalized spacial score (nSPS) is 19.9. The molecule has 0 radical (unpaired) electrons. The van der Waals surface area contributed by atoms with Gasteiger partial charge in [0, 0.05) is 23.9 Å². The van der Waals surface area contributed by atoms with Gasteiger partial charge in [0.1, 0.15) is 0 Å². The second-order valence-corrected chi connectivity index (χ2v) is 5.77. The van der Waals surface area contributed by atoms with E-state index in [0.717, 1.165) is 36.4 Å². The Hall–Kier alpha value is -0.670. The Kier molecular flexibility index (Phi) is 4.95. The van der Waals surface area contributed by atoms with Crippen molar-refractivity contribution in [2.75, 3.05) is 25.2 Å². The standard InChI is InChI=1S/C14H18ClNOS/c1-18-13-7-3-2-6-12(13)14(17)16-8-4-5-11(9-15)10-16/h2-3,6-7,11H,4-5,8-10H2,1H3. The molecule has 0 bridgehead atoms. The van der Waals surface area contributed by atoms with Gasteiger partial charge in [0.15, 0.2) is 0 Å². The smallest absolute Gasteiger partial charge is 0.254 e. The van der Waals surface area contributed by atoms with Crippen molar-refractivity contribution < 1.29 is 4.79 Å². The Balaban J connectivity index is 2.15. The van der Waals surface area contributed by atoms with Gasteiger partial charge >= 0.3 is 0 Å². The summed E-state index contributed by atoms with van der Waals surface area (Å²) in [6, 6.07) is 7.82. The first-order chi connectivity index (χ1) is 8.76. The second kappa shape index (κ2) is 6.48. The number of piperidine rings is 1. The molecule has 1 unspecified atom stereocenters. The van der Waals surface area contributed by atoms with E-state index in [4.69, 9.17) is 11.6 Å². The fourth-order valence-electron chi connectivity index (χ4n) is 2.37. The molecule has 1 aliphatic heterocycles. The van der Waals surface area contributed by atoms with Crippen molar-refractivity contribution in [2.24, 2.45) is 5.92 Å². The van der Waals surface area contributed by atoms with Crippen LogP contribution < -0.4 is 0 Å². The second-order valence-electron chi connectivity index (χ2n) is 4.61. The summed E-state index contributed by atoms with van der Waals surface area (Å²) < 4.78 is 0. The number of hydrogen-bond donors (Lipinski definition) is 0. The zero-order chi connectivity index (χ0) is 13.0. The van der Waals surface area contributed by atoms with E-state index in [9.17, 15) is 4.79 Å². The minimum absolute atomic E-state index is 0.148. The number of carbonyl (C=O) groups is 1. The Bertz CT molecular complexity index is 424. The van der Waals surface area contributed by atoms with Crippen molar-refractivity contribution in [2.45, 2.75) is 17.7 Å². The van der Waals surface area contributed by atoms with Gasteiger partial charge in [-0.1, -0.05) is 12.1 Å². The van der Waals surface area contributed by atoms with E-state index in [1.54, 1.807) is 11.8 Å². The van der Waals surface area contributed by atoms with E-state index >= 15 is 0 Å². The number of benzene rings is 1. The Morgan fingerprint density at radius 3 is 3.00 bits per heavy atom. The number of hydrogen-bond acceptors (Lipinski definition) is 2. The van der Waals surface area contributed by atoms with Crippen molar-refractivity contribution in [1.29, 1.82) is 0 Å². The lowest BCUT2D eigenvalue weighted by Gasteiger charge is -2.32. The average Bonchev–Trinajstić information content (AvgIpc) is 2.46. The van der Waals surface area contributed by atoms with Crippen LogP contribution in [0, 0.1) is 5.92 Å². The summed E-state index contributed by atoms with van der Waals surface area (Å²) in [5.74, 6) is 1.24.